The minimum Gasteiger partial charge on any atom is -0.313 e. The number of thiol groups is 1. The van der Waals surface area contributed by atoms with Crippen LogP contribution in [0.15, 0.2) is 29.7 Å². The number of nitrogens with two attached hydrogens (primary N) is 1. The van der Waals surface area contributed by atoms with Crippen LogP contribution in [0.2, 0.25) is 5.02 Å². The van der Waals surface area contributed by atoms with Crippen molar-refractivity contribution in [3.05, 3.63) is 40.3 Å². The molecule has 2 nitrogen and oxygen atoms in total. The molecule has 0 bridgehead atoms. The van der Waals surface area contributed by atoms with Gasteiger partial charge in [-0.25, -0.2) is 5.84 Å². The quantitative estimate of drug-likeness (QED) is 0.450. The lowest BCUT2D eigenvalue weighted by molar-refractivity contribution is 0.512. The fraction of sp³-hybridized carbons (Fsp3) is 0.111. The van der Waals surface area contributed by atoms with Crippen LogP contribution in [0.4, 0.5) is 0 Å². The lowest BCUT2D eigenvalue weighted by atomic mass is 10.2. The van der Waals surface area contributed by atoms with Crippen molar-refractivity contribution >= 4 is 29.9 Å². The SMILES string of the molecule is CN(N)/C(=C\S)c1ccc(Cl)cc1. The van der Waals surface area contributed by atoms with Crippen molar-refractivity contribution in [3.63, 3.8) is 0 Å². The molecule has 0 radical (unpaired) electrons. The monoisotopic (exact) mass is 214 g/mol. The van der Waals surface area contributed by atoms with Crippen molar-refractivity contribution in [2.75, 3.05) is 7.05 Å². The van der Waals surface area contributed by atoms with E-state index >= 15 is 0 Å². The standard InChI is InChI=1S/C9H11ClN2S/c1-12(11)9(6-13)7-2-4-8(10)5-3-7/h2-6,13H,11H2,1H3/b9-6-. The highest BCUT2D eigenvalue weighted by atomic mass is 35.5. The van der Waals surface area contributed by atoms with Gasteiger partial charge in [0.1, 0.15) is 0 Å². The molecule has 0 atom stereocenters. The average molecular weight is 215 g/mol. The Morgan fingerprint density at radius 3 is 2.38 bits per heavy atom. The molecule has 0 saturated carbocycles. The molecule has 0 aliphatic carbocycles. The van der Waals surface area contributed by atoms with Crippen molar-refractivity contribution in [2.45, 2.75) is 0 Å². The summed E-state index contributed by atoms with van der Waals surface area (Å²) in [5, 5.41) is 3.88. The molecule has 0 saturated heterocycles. The van der Waals surface area contributed by atoms with Crippen LogP contribution in [-0.2, 0) is 0 Å². The highest BCUT2D eigenvalue weighted by Crippen LogP contribution is 2.18. The molecule has 13 heavy (non-hydrogen) atoms. The predicted octanol–water partition coefficient (Wildman–Crippen LogP) is 2.37. The maximum absolute atomic E-state index is 5.76. The summed E-state index contributed by atoms with van der Waals surface area (Å²) in [6.07, 6.45) is 0. The molecular formula is C9H11ClN2S. The zero-order valence-electron chi connectivity index (χ0n) is 7.24. The topological polar surface area (TPSA) is 29.3 Å². The molecule has 1 aromatic rings. The maximum atomic E-state index is 5.76. The summed E-state index contributed by atoms with van der Waals surface area (Å²) in [5.74, 6) is 5.60. The van der Waals surface area contributed by atoms with Crippen LogP contribution in [0.3, 0.4) is 0 Å². The first-order valence-electron chi connectivity index (χ1n) is 3.74. The van der Waals surface area contributed by atoms with E-state index < -0.39 is 0 Å². The fourth-order valence-corrected chi connectivity index (χ4v) is 1.45. The molecule has 0 unspecified atom stereocenters. The summed E-state index contributed by atoms with van der Waals surface area (Å²) in [5.41, 5.74) is 1.84. The van der Waals surface area contributed by atoms with Gasteiger partial charge in [0.25, 0.3) is 0 Å². The molecule has 0 amide bonds. The number of hydrogen-bond donors (Lipinski definition) is 2. The first kappa shape index (κ1) is 10.4. The number of hydrogen-bond acceptors (Lipinski definition) is 3. The first-order valence-corrected chi connectivity index (χ1v) is 4.63. The molecule has 4 heteroatoms. The van der Waals surface area contributed by atoms with Gasteiger partial charge in [-0.15, -0.1) is 12.6 Å². The zero-order chi connectivity index (χ0) is 9.84. The smallest absolute Gasteiger partial charge is 0.0646 e. The van der Waals surface area contributed by atoms with E-state index in [2.05, 4.69) is 12.6 Å². The summed E-state index contributed by atoms with van der Waals surface area (Å²) < 4.78 is 0. The van der Waals surface area contributed by atoms with Gasteiger partial charge in [-0.2, -0.15) is 0 Å². The van der Waals surface area contributed by atoms with Gasteiger partial charge in [0.05, 0.1) is 5.70 Å². The number of hydrazine groups is 1. The Balaban J connectivity index is 3.00. The van der Waals surface area contributed by atoms with Gasteiger partial charge in [-0.1, -0.05) is 23.7 Å². The number of halogens is 1. The number of nitrogens with zero attached hydrogens (tertiary/aromatic N) is 1. The van der Waals surface area contributed by atoms with E-state index in [4.69, 9.17) is 17.4 Å². The van der Waals surface area contributed by atoms with Crippen molar-refractivity contribution in [2.24, 2.45) is 5.84 Å². The van der Waals surface area contributed by atoms with Crippen LogP contribution in [0.5, 0.6) is 0 Å². The second-order valence-electron chi connectivity index (χ2n) is 2.63. The van der Waals surface area contributed by atoms with E-state index in [0.717, 1.165) is 11.3 Å². The second kappa shape index (κ2) is 4.56. The summed E-state index contributed by atoms with van der Waals surface area (Å²) in [6.45, 7) is 0. The Bertz CT molecular complexity index is 306. The maximum Gasteiger partial charge on any atom is 0.0646 e. The van der Waals surface area contributed by atoms with E-state index in [0.29, 0.717) is 5.02 Å². The van der Waals surface area contributed by atoms with E-state index in [1.807, 2.05) is 24.3 Å². The van der Waals surface area contributed by atoms with Gasteiger partial charge in [0.15, 0.2) is 0 Å². The molecular weight excluding hydrogens is 204 g/mol. The van der Waals surface area contributed by atoms with Gasteiger partial charge >= 0.3 is 0 Å². The average Bonchev–Trinajstić information content (AvgIpc) is 2.09. The normalized spacial score (nSPS) is 11.5. The third-order valence-electron chi connectivity index (χ3n) is 1.64. The van der Waals surface area contributed by atoms with Crippen molar-refractivity contribution in [1.82, 2.24) is 5.01 Å². The lowest BCUT2D eigenvalue weighted by Gasteiger charge is -2.15. The van der Waals surface area contributed by atoms with Gasteiger partial charge in [0, 0.05) is 12.1 Å². The Kier molecular flexibility index (Phi) is 3.66. The molecule has 0 aliphatic rings. The molecule has 0 fully saturated rings. The first-order chi connectivity index (χ1) is 6.15. The number of rotatable bonds is 2. The van der Waals surface area contributed by atoms with Crippen molar-refractivity contribution in [1.29, 1.82) is 0 Å². The van der Waals surface area contributed by atoms with Crippen LogP contribution >= 0.6 is 24.2 Å². The van der Waals surface area contributed by atoms with Crippen LogP contribution in [0.1, 0.15) is 5.56 Å². The van der Waals surface area contributed by atoms with Gasteiger partial charge in [0.2, 0.25) is 0 Å². The number of benzene rings is 1. The molecule has 1 rings (SSSR count). The highest BCUT2D eigenvalue weighted by Gasteiger charge is 2.02. The van der Waals surface area contributed by atoms with E-state index in [1.165, 1.54) is 5.01 Å². The Morgan fingerprint density at radius 1 is 1.46 bits per heavy atom. The third-order valence-corrected chi connectivity index (χ3v) is 2.14. The molecule has 1 aromatic carbocycles. The van der Waals surface area contributed by atoms with Crippen molar-refractivity contribution in [3.8, 4) is 0 Å². The molecule has 0 aromatic heterocycles. The van der Waals surface area contributed by atoms with Crippen molar-refractivity contribution < 1.29 is 0 Å². The molecule has 0 aliphatic heterocycles. The summed E-state index contributed by atoms with van der Waals surface area (Å²) in [7, 11) is 1.76. The highest BCUT2D eigenvalue weighted by molar-refractivity contribution is 7.83. The van der Waals surface area contributed by atoms with Gasteiger partial charge in [-0.05, 0) is 23.1 Å². The van der Waals surface area contributed by atoms with Crippen LogP contribution in [-0.4, -0.2) is 12.1 Å². The van der Waals surface area contributed by atoms with E-state index in [1.54, 1.807) is 12.5 Å². The lowest BCUT2D eigenvalue weighted by Crippen LogP contribution is -2.23. The van der Waals surface area contributed by atoms with Crippen LogP contribution in [0.25, 0.3) is 5.70 Å². The minimum atomic E-state index is 0.710. The van der Waals surface area contributed by atoms with Gasteiger partial charge < -0.3 is 5.01 Å². The molecule has 0 heterocycles. The fourth-order valence-electron chi connectivity index (χ4n) is 0.990. The third kappa shape index (κ3) is 2.66. The molecule has 0 spiro atoms. The Labute approximate surface area is 88.4 Å². The largest absolute Gasteiger partial charge is 0.313 e. The minimum absolute atomic E-state index is 0.710. The summed E-state index contributed by atoms with van der Waals surface area (Å²) in [4.78, 5) is 0. The predicted molar refractivity (Wildman–Crippen MR) is 60.4 cm³/mol. The Morgan fingerprint density at radius 2 is 2.00 bits per heavy atom. The molecule has 70 valence electrons. The second-order valence-corrected chi connectivity index (χ2v) is 3.33. The van der Waals surface area contributed by atoms with Gasteiger partial charge in [-0.3, -0.25) is 0 Å². The summed E-state index contributed by atoms with van der Waals surface area (Å²) in [6, 6.07) is 7.43. The van der Waals surface area contributed by atoms with Crippen LogP contribution < -0.4 is 5.84 Å². The summed E-state index contributed by atoms with van der Waals surface area (Å²) >= 11 is 9.83. The zero-order valence-corrected chi connectivity index (χ0v) is 8.89. The van der Waals surface area contributed by atoms with Crippen LogP contribution in [0, 0.1) is 0 Å². The van der Waals surface area contributed by atoms with E-state index in [9.17, 15) is 0 Å². The van der Waals surface area contributed by atoms with E-state index in [-0.39, 0.29) is 0 Å². The Hall–Kier alpha value is -0.640. The molecule has 2 N–H and O–H groups in total.